The molecule has 88 valence electrons. The van der Waals surface area contributed by atoms with Crippen molar-refractivity contribution in [3.8, 4) is 0 Å². The quantitative estimate of drug-likeness (QED) is 0.692. The summed E-state index contributed by atoms with van der Waals surface area (Å²) in [5.74, 6) is 0. The second-order valence-corrected chi connectivity index (χ2v) is 4.21. The summed E-state index contributed by atoms with van der Waals surface area (Å²) in [7, 11) is 0. The number of allylic oxidation sites excluding steroid dienone is 2. The van der Waals surface area contributed by atoms with Crippen LogP contribution in [0.1, 0.15) is 40.0 Å². The SMILES string of the molecule is CC=CC(=C(C)Cl)C(O)C(O)CCCC. The van der Waals surface area contributed by atoms with Gasteiger partial charge in [-0.05, 0) is 25.8 Å². The Morgan fingerprint density at radius 3 is 2.40 bits per heavy atom. The van der Waals surface area contributed by atoms with E-state index < -0.39 is 12.2 Å². The van der Waals surface area contributed by atoms with E-state index in [0.29, 0.717) is 17.0 Å². The van der Waals surface area contributed by atoms with Crippen molar-refractivity contribution in [3.05, 3.63) is 22.8 Å². The third-order valence-corrected chi connectivity index (χ3v) is 2.50. The highest BCUT2D eigenvalue weighted by atomic mass is 35.5. The lowest BCUT2D eigenvalue weighted by molar-refractivity contribution is 0.0368. The van der Waals surface area contributed by atoms with E-state index in [1.807, 2.05) is 6.92 Å². The average molecular weight is 233 g/mol. The first-order valence-corrected chi connectivity index (χ1v) is 5.77. The normalized spacial score (nSPS) is 17.7. The van der Waals surface area contributed by atoms with Gasteiger partial charge in [0.2, 0.25) is 0 Å². The summed E-state index contributed by atoms with van der Waals surface area (Å²) in [6.45, 7) is 5.62. The Morgan fingerprint density at radius 1 is 1.40 bits per heavy atom. The van der Waals surface area contributed by atoms with Gasteiger partial charge in [0, 0.05) is 5.03 Å². The lowest BCUT2D eigenvalue weighted by atomic mass is 9.99. The molecule has 0 heterocycles. The molecule has 0 fully saturated rings. The van der Waals surface area contributed by atoms with Crippen molar-refractivity contribution in [2.75, 3.05) is 0 Å². The highest BCUT2D eigenvalue weighted by Crippen LogP contribution is 2.19. The van der Waals surface area contributed by atoms with Gasteiger partial charge in [0.05, 0.1) is 6.10 Å². The van der Waals surface area contributed by atoms with Gasteiger partial charge in [-0.3, -0.25) is 0 Å². The summed E-state index contributed by atoms with van der Waals surface area (Å²) in [5.41, 5.74) is 0.600. The maximum Gasteiger partial charge on any atom is 0.106 e. The van der Waals surface area contributed by atoms with Crippen LogP contribution in [0.5, 0.6) is 0 Å². The van der Waals surface area contributed by atoms with Crippen LogP contribution in [0.4, 0.5) is 0 Å². The molecule has 0 radical (unpaired) electrons. The zero-order valence-electron chi connectivity index (χ0n) is 9.70. The van der Waals surface area contributed by atoms with Crippen molar-refractivity contribution >= 4 is 11.6 Å². The molecule has 2 nitrogen and oxygen atoms in total. The van der Waals surface area contributed by atoms with Crippen LogP contribution in [0.15, 0.2) is 22.8 Å². The van der Waals surface area contributed by atoms with Gasteiger partial charge in [-0.15, -0.1) is 0 Å². The van der Waals surface area contributed by atoms with E-state index in [1.54, 1.807) is 19.1 Å². The Hall–Kier alpha value is -0.310. The number of halogens is 1. The van der Waals surface area contributed by atoms with Crippen molar-refractivity contribution in [2.24, 2.45) is 0 Å². The van der Waals surface area contributed by atoms with E-state index >= 15 is 0 Å². The molecule has 3 heteroatoms. The van der Waals surface area contributed by atoms with E-state index in [1.165, 1.54) is 0 Å². The van der Waals surface area contributed by atoms with Gasteiger partial charge in [-0.2, -0.15) is 0 Å². The minimum absolute atomic E-state index is 0.524. The maximum absolute atomic E-state index is 9.86. The summed E-state index contributed by atoms with van der Waals surface area (Å²) in [5, 5.41) is 20.1. The molecule has 0 aliphatic rings. The fourth-order valence-corrected chi connectivity index (χ4v) is 1.55. The topological polar surface area (TPSA) is 40.5 Å². The zero-order chi connectivity index (χ0) is 11.8. The Bertz CT molecular complexity index is 230. The van der Waals surface area contributed by atoms with Crippen LogP contribution in [0.3, 0.4) is 0 Å². The summed E-state index contributed by atoms with van der Waals surface area (Å²) >= 11 is 5.85. The molecule has 0 saturated heterocycles. The van der Waals surface area contributed by atoms with Gasteiger partial charge in [0.25, 0.3) is 0 Å². The van der Waals surface area contributed by atoms with Crippen molar-refractivity contribution in [2.45, 2.75) is 52.2 Å². The molecule has 2 atom stereocenters. The molecule has 0 saturated carbocycles. The largest absolute Gasteiger partial charge is 0.390 e. The smallest absolute Gasteiger partial charge is 0.106 e. The molecule has 0 spiro atoms. The first-order valence-electron chi connectivity index (χ1n) is 5.39. The number of aliphatic hydroxyl groups excluding tert-OH is 2. The second kappa shape index (κ2) is 7.91. The molecule has 0 aliphatic carbocycles. The molecule has 0 aromatic rings. The molecule has 0 amide bonds. The molecule has 2 N–H and O–H groups in total. The lowest BCUT2D eigenvalue weighted by Crippen LogP contribution is -2.27. The Morgan fingerprint density at radius 2 is 2.00 bits per heavy atom. The van der Waals surface area contributed by atoms with Gasteiger partial charge in [0.1, 0.15) is 6.10 Å². The highest BCUT2D eigenvalue weighted by Gasteiger charge is 2.19. The van der Waals surface area contributed by atoms with Crippen molar-refractivity contribution in [1.29, 1.82) is 0 Å². The van der Waals surface area contributed by atoms with E-state index in [2.05, 4.69) is 6.92 Å². The molecule has 15 heavy (non-hydrogen) atoms. The Labute approximate surface area is 97.3 Å². The summed E-state index contributed by atoms with van der Waals surface area (Å²) < 4.78 is 0. The van der Waals surface area contributed by atoms with E-state index in [0.717, 1.165) is 12.8 Å². The van der Waals surface area contributed by atoms with Crippen LogP contribution < -0.4 is 0 Å². The minimum Gasteiger partial charge on any atom is -0.390 e. The van der Waals surface area contributed by atoms with Gasteiger partial charge in [0.15, 0.2) is 0 Å². The van der Waals surface area contributed by atoms with E-state index in [4.69, 9.17) is 11.6 Å². The molecule has 0 bridgehead atoms. The van der Waals surface area contributed by atoms with Crippen LogP contribution in [-0.4, -0.2) is 22.4 Å². The van der Waals surface area contributed by atoms with Crippen molar-refractivity contribution in [3.63, 3.8) is 0 Å². The Kier molecular flexibility index (Phi) is 7.75. The monoisotopic (exact) mass is 232 g/mol. The van der Waals surface area contributed by atoms with Crippen LogP contribution in [-0.2, 0) is 0 Å². The summed E-state index contributed by atoms with van der Waals surface area (Å²) in [4.78, 5) is 0. The average Bonchev–Trinajstić information content (AvgIpc) is 2.21. The van der Waals surface area contributed by atoms with Gasteiger partial charge < -0.3 is 10.2 Å². The first-order chi connectivity index (χ1) is 7.04. The van der Waals surface area contributed by atoms with Gasteiger partial charge in [-0.25, -0.2) is 0 Å². The molecule has 0 aromatic carbocycles. The fourth-order valence-electron chi connectivity index (χ4n) is 1.38. The van der Waals surface area contributed by atoms with E-state index in [9.17, 15) is 10.2 Å². The molecule has 2 unspecified atom stereocenters. The molecule has 0 aromatic heterocycles. The third kappa shape index (κ3) is 5.36. The number of aliphatic hydroxyl groups is 2. The lowest BCUT2D eigenvalue weighted by Gasteiger charge is -2.19. The number of hydrogen-bond donors (Lipinski definition) is 2. The molecular weight excluding hydrogens is 212 g/mol. The van der Waals surface area contributed by atoms with Crippen LogP contribution >= 0.6 is 11.6 Å². The van der Waals surface area contributed by atoms with Gasteiger partial charge >= 0.3 is 0 Å². The summed E-state index contributed by atoms with van der Waals surface area (Å²) in [6, 6.07) is 0. The van der Waals surface area contributed by atoms with Crippen LogP contribution in [0, 0.1) is 0 Å². The predicted molar refractivity (Wildman–Crippen MR) is 64.9 cm³/mol. The second-order valence-electron chi connectivity index (χ2n) is 3.64. The number of unbranched alkanes of at least 4 members (excludes halogenated alkanes) is 1. The molecular formula is C12H21ClO2. The number of hydrogen-bond acceptors (Lipinski definition) is 2. The zero-order valence-corrected chi connectivity index (χ0v) is 10.5. The number of rotatable bonds is 6. The van der Waals surface area contributed by atoms with Gasteiger partial charge in [-0.1, -0.05) is 43.5 Å². The third-order valence-electron chi connectivity index (χ3n) is 2.28. The predicted octanol–water partition coefficient (Wildman–Crippen LogP) is 2.99. The summed E-state index contributed by atoms with van der Waals surface area (Å²) in [6.07, 6.45) is 4.44. The van der Waals surface area contributed by atoms with Crippen molar-refractivity contribution < 1.29 is 10.2 Å². The van der Waals surface area contributed by atoms with Crippen LogP contribution in [0.25, 0.3) is 0 Å². The maximum atomic E-state index is 9.86. The van der Waals surface area contributed by atoms with Crippen LogP contribution in [0.2, 0.25) is 0 Å². The minimum atomic E-state index is -0.884. The van der Waals surface area contributed by atoms with Crippen molar-refractivity contribution in [1.82, 2.24) is 0 Å². The fraction of sp³-hybridized carbons (Fsp3) is 0.667. The molecule has 0 aliphatic heterocycles. The van der Waals surface area contributed by atoms with E-state index in [-0.39, 0.29) is 0 Å². The Balaban J connectivity index is 4.51. The molecule has 0 rings (SSSR count). The standard InChI is InChI=1S/C12H21ClO2/c1-4-6-8-11(14)12(15)10(7-5-2)9(3)13/h5,7,11-12,14-15H,4,6,8H2,1-3H3. The first kappa shape index (κ1) is 14.7. The highest BCUT2D eigenvalue weighted by molar-refractivity contribution is 6.29.